The van der Waals surface area contributed by atoms with Crippen LogP contribution in [-0.2, 0) is 0 Å². The maximum atomic E-state index is 12.4. The fraction of sp³-hybridized carbons (Fsp3) is 0.294. The van der Waals surface area contributed by atoms with Gasteiger partial charge in [-0.15, -0.1) is 0 Å². The summed E-state index contributed by atoms with van der Waals surface area (Å²) in [5.41, 5.74) is 1.68. The van der Waals surface area contributed by atoms with Crippen molar-refractivity contribution in [1.29, 1.82) is 0 Å². The topological polar surface area (TPSA) is 62.2 Å². The molecule has 1 unspecified atom stereocenters. The molecule has 0 aliphatic heterocycles. The number of carbonyl (C=O) groups excluding carboxylic acids is 1. The van der Waals surface area contributed by atoms with Gasteiger partial charge in [-0.25, -0.2) is 0 Å². The van der Waals surface area contributed by atoms with Crippen LogP contribution in [0.15, 0.2) is 54.9 Å². The lowest BCUT2D eigenvalue weighted by atomic mass is 9.75. The number of nitrogens with one attached hydrogen (secondary N) is 1. The number of carbonyl (C=O) groups is 1. The van der Waals surface area contributed by atoms with Gasteiger partial charge in [0.15, 0.2) is 0 Å². The van der Waals surface area contributed by atoms with Gasteiger partial charge in [0.05, 0.1) is 12.1 Å². The summed E-state index contributed by atoms with van der Waals surface area (Å²) < 4.78 is 0. The second-order valence-electron chi connectivity index (χ2n) is 5.48. The quantitative estimate of drug-likeness (QED) is 0.904. The Labute approximate surface area is 123 Å². The summed E-state index contributed by atoms with van der Waals surface area (Å²) in [6, 6.07) is 13.3. The standard InChI is InChI=1S/C17H18N2O2/c20-15-10-14(11-15)16(12-4-2-1-3-5-12)19-17(21)13-6-8-18-9-7-13/h1-9,14-16,20H,10-11H2,(H,19,21). The first kappa shape index (κ1) is 13.8. The molecule has 21 heavy (non-hydrogen) atoms. The molecule has 0 spiro atoms. The van der Waals surface area contributed by atoms with E-state index in [4.69, 9.17) is 0 Å². The van der Waals surface area contributed by atoms with Crippen molar-refractivity contribution in [2.75, 3.05) is 0 Å². The molecule has 0 bridgehead atoms. The van der Waals surface area contributed by atoms with Gasteiger partial charge in [0, 0.05) is 18.0 Å². The predicted octanol–water partition coefficient (Wildman–Crippen LogP) is 2.32. The maximum Gasteiger partial charge on any atom is 0.251 e. The second kappa shape index (κ2) is 6.06. The number of rotatable bonds is 4. The van der Waals surface area contributed by atoms with Gasteiger partial charge < -0.3 is 10.4 Å². The van der Waals surface area contributed by atoms with Crippen LogP contribution in [0.3, 0.4) is 0 Å². The Balaban J connectivity index is 1.78. The summed E-state index contributed by atoms with van der Waals surface area (Å²) in [7, 11) is 0. The van der Waals surface area contributed by atoms with Gasteiger partial charge in [0.25, 0.3) is 5.91 Å². The van der Waals surface area contributed by atoms with E-state index >= 15 is 0 Å². The SMILES string of the molecule is O=C(NC(c1ccccc1)C1CC(O)C1)c1ccncc1. The summed E-state index contributed by atoms with van der Waals surface area (Å²) >= 11 is 0. The Hall–Kier alpha value is -2.20. The summed E-state index contributed by atoms with van der Waals surface area (Å²) in [5.74, 6) is 0.181. The van der Waals surface area contributed by atoms with E-state index in [0.717, 1.165) is 18.4 Å². The lowest BCUT2D eigenvalue weighted by Crippen LogP contribution is -2.41. The highest BCUT2D eigenvalue weighted by Gasteiger charge is 2.35. The molecule has 1 aliphatic carbocycles. The largest absolute Gasteiger partial charge is 0.393 e. The van der Waals surface area contributed by atoms with E-state index < -0.39 is 0 Å². The first-order valence-electron chi connectivity index (χ1n) is 7.18. The third-order valence-corrected chi connectivity index (χ3v) is 4.01. The summed E-state index contributed by atoms with van der Waals surface area (Å²) in [5, 5.41) is 12.6. The Morgan fingerprint density at radius 1 is 1.14 bits per heavy atom. The van der Waals surface area contributed by atoms with E-state index in [1.54, 1.807) is 24.5 Å². The average Bonchev–Trinajstić information content (AvgIpc) is 2.51. The smallest absolute Gasteiger partial charge is 0.251 e. The van der Waals surface area contributed by atoms with Crippen LogP contribution in [0, 0.1) is 5.92 Å². The molecule has 4 nitrogen and oxygen atoms in total. The molecule has 1 aromatic carbocycles. The van der Waals surface area contributed by atoms with Crippen LogP contribution in [-0.4, -0.2) is 22.1 Å². The molecule has 1 atom stereocenters. The monoisotopic (exact) mass is 282 g/mol. The molecule has 0 saturated heterocycles. The molecule has 2 N–H and O–H groups in total. The molecule has 4 heteroatoms. The minimum atomic E-state index is -0.237. The summed E-state index contributed by atoms with van der Waals surface area (Å²) in [4.78, 5) is 16.3. The van der Waals surface area contributed by atoms with Crippen molar-refractivity contribution in [3.8, 4) is 0 Å². The third-order valence-electron chi connectivity index (χ3n) is 4.01. The second-order valence-corrected chi connectivity index (χ2v) is 5.48. The number of aromatic nitrogens is 1. The van der Waals surface area contributed by atoms with Gasteiger partial charge in [-0.1, -0.05) is 30.3 Å². The Morgan fingerprint density at radius 2 is 1.81 bits per heavy atom. The minimum absolute atomic E-state index is 0.0599. The normalized spacial score (nSPS) is 22.1. The van der Waals surface area contributed by atoms with E-state index in [1.165, 1.54) is 0 Å². The van der Waals surface area contributed by atoms with Crippen molar-refractivity contribution in [3.05, 3.63) is 66.0 Å². The van der Waals surface area contributed by atoms with E-state index in [-0.39, 0.29) is 24.0 Å². The molecule has 1 fully saturated rings. The highest BCUT2D eigenvalue weighted by Crippen LogP contribution is 2.38. The number of aliphatic hydroxyl groups excluding tert-OH is 1. The van der Waals surface area contributed by atoms with E-state index in [9.17, 15) is 9.90 Å². The van der Waals surface area contributed by atoms with Crippen molar-refractivity contribution in [2.24, 2.45) is 5.92 Å². The number of aliphatic hydroxyl groups is 1. The molecule has 1 aliphatic rings. The number of hydrogen-bond donors (Lipinski definition) is 2. The number of pyridine rings is 1. The fourth-order valence-corrected chi connectivity index (χ4v) is 2.76. The van der Waals surface area contributed by atoms with Crippen LogP contribution < -0.4 is 5.32 Å². The number of benzene rings is 1. The molecule has 1 amide bonds. The van der Waals surface area contributed by atoms with Crippen molar-refractivity contribution in [3.63, 3.8) is 0 Å². The van der Waals surface area contributed by atoms with Crippen LogP contribution >= 0.6 is 0 Å². The van der Waals surface area contributed by atoms with Gasteiger partial charge in [0.2, 0.25) is 0 Å². The Bertz CT molecular complexity index is 595. The van der Waals surface area contributed by atoms with E-state index in [2.05, 4.69) is 10.3 Å². The van der Waals surface area contributed by atoms with Crippen LogP contribution in [0.2, 0.25) is 0 Å². The van der Waals surface area contributed by atoms with Crippen LogP contribution in [0.4, 0.5) is 0 Å². The zero-order valence-electron chi connectivity index (χ0n) is 11.6. The number of nitrogens with zero attached hydrogens (tertiary/aromatic N) is 1. The van der Waals surface area contributed by atoms with Gasteiger partial charge in [-0.05, 0) is 36.5 Å². The van der Waals surface area contributed by atoms with Crippen molar-refractivity contribution in [2.45, 2.75) is 25.0 Å². The number of amides is 1. The molecule has 2 aromatic rings. The van der Waals surface area contributed by atoms with Crippen LogP contribution in [0.1, 0.15) is 34.8 Å². The molecule has 108 valence electrons. The van der Waals surface area contributed by atoms with Crippen LogP contribution in [0.5, 0.6) is 0 Å². The molecule has 0 radical (unpaired) electrons. The molecule has 1 heterocycles. The Kier molecular flexibility index (Phi) is 3.97. The van der Waals surface area contributed by atoms with Crippen LogP contribution in [0.25, 0.3) is 0 Å². The highest BCUT2D eigenvalue weighted by atomic mass is 16.3. The van der Waals surface area contributed by atoms with Gasteiger partial charge in [0.1, 0.15) is 0 Å². The van der Waals surface area contributed by atoms with Gasteiger partial charge in [-0.2, -0.15) is 0 Å². The van der Waals surface area contributed by atoms with Crippen molar-refractivity contribution < 1.29 is 9.90 Å². The summed E-state index contributed by atoms with van der Waals surface area (Å²) in [6.07, 6.45) is 4.45. The lowest BCUT2D eigenvalue weighted by Gasteiger charge is -2.38. The van der Waals surface area contributed by atoms with Crippen molar-refractivity contribution in [1.82, 2.24) is 10.3 Å². The van der Waals surface area contributed by atoms with Crippen molar-refractivity contribution >= 4 is 5.91 Å². The minimum Gasteiger partial charge on any atom is -0.393 e. The first-order chi connectivity index (χ1) is 10.2. The Morgan fingerprint density at radius 3 is 2.43 bits per heavy atom. The first-order valence-corrected chi connectivity index (χ1v) is 7.18. The van der Waals surface area contributed by atoms with E-state index in [0.29, 0.717) is 5.56 Å². The lowest BCUT2D eigenvalue weighted by molar-refractivity contribution is 0.0235. The molecule has 1 saturated carbocycles. The predicted molar refractivity (Wildman–Crippen MR) is 79.6 cm³/mol. The fourth-order valence-electron chi connectivity index (χ4n) is 2.76. The zero-order chi connectivity index (χ0) is 14.7. The third kappa shape index (κ3) is 3.11. The molecule has 1 aromatic heterocycles. The summed E-state index contributed by atoms with van der Waals surface area (Å²) in [6.45, 7) is 0. The number of hydrogen-bond acceptors (Lipinski definition) is 3. The molecular formula is C17H18N2O2. The van der Waals surface area contributed by atoms with Gasteiger partial charge >= 0.3 is 0 Å². The van der Waals surface area contributed by atoms with Gasteiger partial charge in [-0.3, -0.25) is 9.78 Å². The molecular weight excluding hydrogens is 264 g/mol. The molecule has 3 rings (SSSR count). The maximum absolute atomic E-state index is 12.4. The zero-order valence-corrected chi connectivity index (χ0v) is 11.6. The average molecular weight is 282 g/mol. The highest BCUT2D eigenvalue weighted by molar-refractivity contribution is 5.94. The van der Waals surface area contributed by atoms with E-state index in [1.807, 2.05) is 30.3 Å².